The zero-order valence-electron chi connectivity index (χ0n) is 13.0. The lowest BCUT2D eigenvalue weighted by molar-refractivity contribution is 0.145. The van der Waals surface area contributed by atoms with Gasteiger partial charge in [-0.25, -0.2) is 0 Å². The fourth-order valence-electron chi connectivity index (χ4n) is 2.97. The largest absolute Gasteiger partial charge is 0.314 e. The smallest absolute Gasteiger partial charge is 0.00767 e. The molecule has 1 heterocycles. The normalized spacial score (nSPS) is 28.7. The summed E-state index contributed by atoms with van der Waals surface area (Å²) in [4.78, 5) is 2.74. The average molecular weight is 254 g/mol. The van der Waals surface area contributed by atoms with E-state index in [0.717, 1.165) is 18.0 Å². The van der Waals surface area contributed by atoms with Crippen molar-refractivity contribution in [2.45, 2.75) is 78.3 Å². The topological polar surface area (TPSA) is 15.3 Å². The second-order valence-electron chi connectivity index (χ2n) is 6.25. The molecule has 18 heavy (non-hydrogen) atoms. The van der Waals surface area contributed by atoms with Gasteiger partial charge in [0.15, 0.2) is 0 Å². The Morgan fingerprint density at radius 2 is 2.06 bits per heavy atom. The standard InChI is InChI=1S/C16H34N2/c1-5-7-8-9-15(4)18-11-10-16(6-2)17-12-14(3)13-18/h14-17H,5-13H2,1-4H3. The summed E-state index contributed by atoms with van der Waals surface area (Å²) in [6.45, 7) is 13.2. The van der Waals surface area contributed by atoms with Crippen molar-refractivity contribution in [1.29, 1.82) is 0 Å². The third kappa shape index (κ3) is 5.71. The fraction of sp³-hybridized carbons (Fsp3) is 1.00. The second kappa shape index (κ2) is 8.92. The maximum absolute atomic E-state index is 3.71. The van der Waals surface area contributed by atoms with Crippen LogP contribution in [0.2, 0.25) is 0 Å². The average Bonchev–Trinajstić information content (AvgIpc) is 2.34. The molecule has 0 aliphatic carbocycles. The summed E-state index contributed by atoms with van der Waals surface area (Å²) in [5.74, 6) is 0.785. The van der Waals surface area contributed by atoms with Gasteiger partial charge in [-0.3, -0.25) is 0 Å². The van der Waals surface area contributed by atoms with Gasteiger partial charge in [0.1, 0.15) is 0 Å². The van der Waals surface area contributed by atoms with Crippen molar-refractivity contribution in [2.24, 2.45) is 5.92 Å². The van der Waals surface area contributed by atoms with Crippen LogP contribution in [0, 0.1) is 5.92 Å². The molecule has 1 N–H and O–H groups in total. The molecule has 0 aromatic carbocycles. The lowest BCUT2D eigenvalue weighted by atomic mass is 10.0. The van der Waals surface area contributed by atoms with Crippen molar-refractivity contribution in [3.63, 3.8) is 0 Å². The van der Waals surface area contributed by atoms with Gasteiger partial charge in [-0.1, -0.05) is 40.0 Å². The van der Waals surface area contributed by atoms with E-state index in [2.05, 4.69) is 37.9 Å². The molecule has 0 aromatic heterocycles. The molecule has 1 aliphatic heterocycles. The van der Waals surface area contributed by atoms with E-state index in [1.54, 1.807) is 0 Å². The van der Waals surface area contributed by atoms with Crippen LogP contribution in [0.4, 0.5) is 0 Å². The first kappa shape index (κ1) is 16.0. The van der Waals surface area contributed by atoms with Gasteiger partial charge in [0.25, 0.3) is 0 Å². The third-order valence-electron chi connectivity index (χ3n) is 4.41. The molecule has 0 spiro atoms. The molecule has 1 rings (SSSR count). The Kier molecular flexibility index (Phi) is 7.92. The molecule has 0 bridgehead atoms. The SMILES string of the molecule is CCCCCC(C)N1CCC(CC)NCC(C)C1. The van der Waals surface area contributed by atoms with Crippen LogP contribution < -0.4 is 5.32 Å². The Morgan fingerprint density at radius 1 is 1.28 bits per heavy atom. The Hall–Kier alpha value is -0.0800. The molecule has 0 aromatic rings. The van der Waals surface area contributed by atoms with Crippen LogP contribution in [0.3, 0.4) is 0 Å². The molecule has 1 fully saturated rings. The Morgan fingerprint density at radius 3 is 2.72 bits per heavy atom. The molecule has 2 heteroatoms. The van der Waals surface area contributed by atoms with Gasteiger partial charge in [-0.2, -0.15) is 0 Å². The fourth-order valence-corrected chi connectivity index (χ4v) is 2.97. The van der Waals surface area contributed by atoms with E-state index >= 15 is 0 Å². The maximum atomic E-state index is 3.71. The Balaban J connectivity index is 2.40. The number of hydrogen-bond donors (Lipinski definition) is 1. The monoisotopic (exact) mass is 254 g/mol. The molecule has 3 atom stereocenters. The first-order valence-electron chi connectivity index (χ1n) is 8.14. The highest BCUT2D eigenvalue weighted by Gasteiger charge is 2.21. The van der Waals surface area contributed by atoms with Gasteiger partial charge in [0.05, 0.1) is 0 Å². The zero-order valence-corrected chi connectivity index (χ0v) is 13.0. The minimum absolute atomic E-state index is 0.734. The highest BCUT2D eigenvalue weighted by Crippen LogP contribution is 2.15. The summed E-state index contributed by atoms with van der Waals surface area (Å²) >= 11 is 0. The summed E-state index contributed by atoms with van der Waals surface area (Å²) in [7, 11) is 0. The van der Waals surface area contributed by atoms with Crippen LogP contribution in [0.1, 0.15) is 66.2 Å². The molecule has 0 radical (unpaired) electrons. The number of nitrogens with zero attached hydrogens (tertiary/aromatic N) is 1. The van der Waals surface area contributed by atoms with Gasteiger partial charge in [0.2, 0.25) is 0 Å². The van der Waals surface area contributed by atoms with E-state index in [1.165, 1.54) is 58.2 Å². The Labute approximate surface area is 115 Å². The zero-order chi connectivity index (χ0) is 13.4. The van der Waals surface area contributed by atoms with Crippen LogP contribution in [0.15, 0.2) is 0 Å². The van der Waals surface area contributed by atoms with E-state index in [0.29, 0.717) is 0 Å². The molecular weight excluding hydrogens is 220 g/mol. The van der Waals surface area contributed by atoms with Crippen LogP contribution in [-0.2, 0) is 0 Å². The number of unbranched alkanes of at least 4 members (excludes halogenated alkanes) is 2. The molecule has 1 saturated heterocycles. The van der Waals surface area contributed by atoms with E-state index in [-0.39, 0.29) is 0 Å². The van der Waals surface area contributed by atoms with E-state index < -0.39 is 0 Å². The highest BCUT2D eigenvalue weighted by molar-refractivity contribution is 4.78. The predicted octanol–water partition coefficient (Wildman–Crippen LogP) is 3.67. The molecule has 3 unspecified atom stereocenters. The lowest BCUT2D eigenvalue weighted by Crippen LogP contribution is -2.46. The third-order valence-corrected chi connectivity index (χ3v) is 4.41. The summed E-state index contributed by atoms with van der Waals surface area (Å²) < 4.78 is 0. The highest BCUT2D eigenvalue weighted by atomic mass is 15.2. The summed E-state index contributed by atoms with van der Waals surface area (Å²) in [5, 5.41) is 3.71. The first-order valence-corrected chi connectivity index (χ1v) is 8.14. The van der Waals surface area contributed by atoms with Crippen molar-refractivity contribution in [3.05, 3.63) is 0 Å². The van der Waals surface area contributed by atoms with Crippen molar-refractivity contribution in [2.75, 3.05) is 19.6 Å². The summed E-state index contributed by atoms with van der Waals surface area (Å²) in [6.07, 6.45) is 8.10. The minimum atomic E-state index is 0.734. The van der Waals surface area contributed by atoms with Crippen LogP contribution in [-0.4, -0.2) is 36.6 Å². The van der Waals surface area contributed by atoms with Crippen LogP contribution >= 0.6 is 0 Å². The number of rotatable bonds is 6. The molecule has 2 nitrogen and oxygen atoms in total. The molecular formula is C16H34N2. The van der Waals surface area contributed by atoms with Crippen LogP contribution in [0.25, 0.3) is 0 Å². The molecule has 0 amide bonds. The maximum Gasteiger partial charge on any atom is 0.00767 e. The molecule has 1 aliphatic rings. The van der Waals surface area contributed by atoms with Gasteiger partial charge in [0, 0.05) is 18.6 Å². The quantitative estimate of drug-likeness (QED) is 0.728. The molecule has 108 valence electrons. The van der Waals surface area contributed by atoms with Gasteiger partial charge in [-0.05, 0) is 45.2 Å². The predicted molar refractivity (Wildman–Crippen MR) is 81.0 cm³/mol. The number of nitrogens with one attached hydrogen (secondary N) is 1. The van der Waals surface area contributed by atoms with Crippen molar-refractivity contribution >= 4 is 0 Å². The van der Waals surface area contributed by atoms with E-state index in [9.17, 15) is 0 Å². The van der Waals surface area contributed by atoms with Crippen molar-refractivity contribution in [1.82, 2.24) is 10.2 Å². The Bertz CT molecular complexity index is 205. The molecule has 0 saturated carbocycles. The van der Waals surface area contributed by atoms with Crippen LogP contribution in [0.5, 0.6) is 0 Å². The van der Waals surface area contributed by atoms with Gasteiger partial charge >= 0.3 is 0 Å². The number of hydrogen-bond acceptors (Lipinski definition) is 2. The summed E-state index contributed by atoms with van der Waals surface area (Å²) in [6, 6.07) is 1.51. The van der Waals surface area contributed by atoms with E-state index in [4.69, 9.17) is 0 Å². The van der Waals surface area contributed by atoms with Crippen molar-refractivity contribution in [3.8, 4) is 0 Å². The first-order chi connectivity index (χ1) is 8.67. The second-order valence-corrected chi connectivity index (χ2v) is 6.25. The van der Waals surface area contributed by atoms with Gasteiger partial charge < -0.3 is 10.2 Å². The summed E-state index contributed by atoms with van der Waals surface area (Å²) in [5.41, 5.74) is 0. The minimum Gasteiger partial charge on any atom is -0.314 e. The lowest BCUT2D eigenvalue weighted by Gasteiger charge is -2.36. The van der Waals surface area contributed by atoms with Crippen molar-refractivity contribution < 1.29 is 0 Å². The van der Waals surface area contributed by atoms with E-state index in [1.807, 2.05) is 0 Å². The van der Waals surface area contributed by atoms with Gasteiger partial charge in [-0.15, -0.1) is 0 Å².